The molecule has 3 heteroatoms. The molecule has 156 valence electrons. The summed E-state index contributed by atoms with van der Waals surface area (Å²) in [7, 11) is 4.30. The van der Waals surface area contributed by atoms with Gasteiger partial charge in [0, 0.05) is 5.54 Å². The minimum absolute atomic E-state index is 0.0328. The summed E-state index contributed by atoms with van der Waals surface area (Å²) in [6, 6.07) is 28.8. The molecule has 4 rings (SSSR count). The summed E-state index contributed by atoms with van der Waals surface area (Å²) in [6.07, 6.45) is 3.27. The zero-order chi connectivity index (χ0) is 21.0. The average molecular weight is 402 g/mol. The van der Waals surface area contributed by atoms with Crippen LogP contribution in [0.4, 0.5) is 0 Å². The van der Waals surface area contributed by atoms with Crippen molar-refractivity contribution < 1.29 is 9.84 Å². The fraction of sp³-hybridized carbons (Fsp3) is 0.333. The second-order valence-corrected chi connectivity index (χ2v) is 8.63. The Labute approximate surface area is 179 Å². The molecule has 0 saturated heterocycles. The third-order valence-corrected chi connectivity index (χ3v) is 6.69. The smallest absolute Gasteiger partial charge is 0.120 e. The van der Waals surface area contributed by atoms with E-state index >= 15 is 0 Å². The number of rotatable bonds is 6. The van der Waals surface area contributed by atoms with E-state index in [9.17, 15) is 5.11 Å². The molecular formula is C27H31NO2. The van der Waals surface area contributed by atoms with Gasteiger partial charge in [0.1, 0.15) is 12.4 Å². The van der Waals surface area contributed by atoms with Crippen molar-refractivity contribution in [2.45, 2.75) is 43.4 Å². The Kier molecular flexibility index (Phi) is 5.94. The molecule has 1 saturated carbocycles. The van der Waals surface area contributed by atoms with Gasteiger partial charge in [-0.05, 0) is 68.6 Å². The van der Waals surface area contributed by atoms with Gasteiger partial charge in [0.25, 0.3) is 0 Å². The summed E-state index contributed by atoms with van der Waals surface area (Å²) in [6.45, 7) is 0.528. The zero-order valence-electron chi connectivity index (χ0n) is 17.9. The first-order valence-corrected chi connectivity index (χ1v) is 10.7. The number of aliphatic hydroxyl groups is 1. The maximum atomic E-state index is 11.5. The van der Waals surface area contributed by atoms with Gasteiger partial charge in [-0.3, -0.25) is 4.90 Å². The first-order valence-electron chi connectivity index (χ1n) is 10.7. The van der Waals surface area contributed by atoms with E-state index in [1.807, 2.05) is 42.5 Å². The highest BCUT2D eigenvalue weighted by molar-refractivity contribution is 5.34. The van der Waals surface area contributed by atoms with E-state index in [2.05, 4.69) is 61.5 Å². The molecule has 3 nitrogen and oxygen atoms in total. The van der Waals surface area contributed by atoms with Gasteiger partial charge < -0.3 is 9.84 Å². The fourth-order valence-corrected chi connectivity index (χ4v) is 4.72. The van der Waals surface area contributed by atoms with Crippen molar-refractivity contribution in [3.05, 3.63) is 102 Å². The van der Waals surface area contributed by atoms with Gasteiger partial charge in [-0.1, -0.05) is 72.8 Å². The Morgan fingerprint density at radius 2 is 1.37 bits per heavy atom. The molecule has 0 amide bonds. The number of ether oxygens (including phenoxy) is 1. The number of nitrogens with zero attached hydrogens (tertiary/aromatic N) is 1. The molecule has 1 aliphatic rings. The van der Waals surface area contributed by atoms with Gasteiger partial charge in [-0.25, -0.2) is 0 Å². The van der Waals surface area contributed by atoms with Crippen LogP contribution in [0.15, 0.2) is 84.9 Å². The molecule has 0 spiro atoms. The van der Waals surface area contributed by atoms with Crippen LogP contribution >= 0.6 is 0 Å². The highest BCUT2D eigenvalue weighted by Gasteiger charge is 2.44. The summed E-state index contributed by atoms with van der Waals surface area (Å²) < 4.78 is 6.00. The number of hydrogen-bond acceptors (Lipinski definition) is 3. The molecule has 0 heterocycles. The largest absolute Gasteiger partial charge is 0.489 e. The highest BCUT2D eigenvalue weighted by atomic mass is 16.5. The molecule has 3 aromatic carbocycles. The summed E-state index contributed by atoms with van der Waals surface area (Å²) in [5.41, 5.74) is 2.57. The van der Waals surface area contributed by atoms with Crippen LogP contribution in [-0.2, 0) is 17.7 Å². The molecule has 0 aromatic heterocycles. The van der Waals surface area contributed by atoms with Gasteiger partial charge in [0.15, 0.2) is 0 Å². The third kappa shape index (κ3) is 4.14. The topological polar surface area (TPSA) is 32.7 Å². The Bertz CT molecular complexity index is 945. The van der Waals surface area contributed by atoms with Crippen molar-refractivity contribution in [1.82, 2.24) is 4.90 Å². The van der Waals surface area contributed by atoms with Crippen LogP contribution in [0.5, 0.6) is 5.75 Å². The first kappa shape index (κ1) is 20.6. The Hall–Kier alpha value is -2.62. The maximum Gasteiger partial charge on any atom is 0.120 e. The Balaban J connectivity index is 1.50. The summed E-state index contributed by atoms with van der Waals surface area (Å²) in [5, 5.41) is 11.5. The van der Waals surface area contributed by atoms with Crippen molar-refractivity contribution in [2.24, 2.45) is 0 Å². The molecule has 30 heavy (non-hydrogen) atoms. The van der Waals surface area contributed by atoms with Gasteiger partial charge in [0.05, 0.1) is 5.60 Å². The SMILES string of the molecule is CN(C)C1(c2ccccc2)CCC(O)(c2cccc(OCc3ccccc3)c2)CC1. The van der Waals surface area contributed by atoms with Crippen LogP contribution in [0.25, 0.3) is 0 Å². The molecule has 1 fully saturated rings. The molecule has 0 radical (unpaired) electrons. The van der Waals surface area contributed by atoms with Crippen molar-refractivity contribution in [3.8, 4) is 5.75 Å². The van der Waals surface area contributed by atoms with E-state index in [0.717, 1.165) is 42.6 Å². The van der Waals surface area contributed by atoms with E-state index in [0.29, 0.717) is 6.61 Å². The number of benzene rings is 3. The van der Waals surface area contributed by atoms with Crippen LogP contribution in [0.1, 0.15) is 42.4 Å². The molecule has 0 aliphatic heterocycles. The lowest BCUT2D eigenvalue weighted by molar-refractivity contribution is -0.0510. The monoisotopic (exact) mass is 401 g/mol. The van der Waals surface area contributed by atoms with Gasteiger partial charge in [0.2, 0.25) is 0 Å². The number of hydrogen-bond donors (Lipinski definition) is 1. The van der Waals surface area contributed by atoms with Crippen LogP contribution in [-0.4, -0.2) is 24.1 Å². The van der Waals surface area contributed by atoms with Crippen molar-refractivity contribution >= 4 is 0 Å². The predicted molar refractivity (Wildman–Crippen MR) is 121 cm³/mol. The Morgan fingerprint density at radius 1 is 0.767 bits per heavy atom. The summed E-state index contributed by atoms with van der Waals surface area (Å²) >= 11 is 0. The van der Waals surface area contributed by atoms with Crippen LogP contribution in [0.2, 0.25) is 0 Å². The quantitative estimate of drug-likeness (QED) is 0.593. The molecule has 0 bridgehead atoms. The standard InChI is InChI=1S/C27H31NO2/c1-28(2)26(23-12-7-4-8-13-23)16-18-27(29,19-17-26)24-14-9-15-25(20-24)30-21-22-10-5-3-6-11-22/h3-15,20,29H,16-19,21H2,1-2H3. The Morgan fingerprint density at radius 3 is 2.00 bits per heavy atom. The average Bonchev–Trinajstić information content (AvgIpc) is 2.80. The van der Waals surface area contributed by atoms with E-state index < -0.39 is 5.60 Å². The second kappa shape index (κ2) is 8.63. The highest BCUT2D eigenvalue weighted by Crippen LogP contribution is 2.48. The van der Waals surface area contributed by atoms with Crippen LogP contribution in [0, 0.1) is 0 Å². The van der Waals surface area contributed by atoms with Gasteiger partial charge in [-0.2, -0.15) is 0 Å². The lowest BCUT2D eigenvalue weighted by atomic mass is 9.68. The molecular weight excluding hydrogens is 370 g/mol. The minimum Gasteiger partial charge on any atom is -0.489 e. The van der Waals surface area contributed by atoms with Gasteiger partial charge >= 0.3 is 0 Å². The third-order valence-electron chi connectivity index (χ3n) is 6.69. The molecule has 0 unspecified atom stereocenters. The second-order valence-electron chi connectivity index (χ2n) is 8.63. The van der Waals surface area contributed by atoms with E-state index in [4.69, 9.17) is 4.74 Å². The van der Waals surface area contributed by atoms with E-state index in [1.165, 1.54) is 5.56 Å². The van der Waals surface area contributed by atoms with E-state index in [-0.39, 0.29) is 5.54 Å². The molecule has 3 aromatic rings. The van der Waals surface area contributed by atoms with E-state index in [1.54, 1.807) is 0 Å². The lowest BCUT2D eigenvalue weighted by Crippen LogP contribution is -2.48. The predicted octanol–water partition coefficient (Wildman–Crippen LogP) is 5.48. The molecule has 0 atom stereocenters. The molecule has 1 N–H and O–H groups in total. The summed E-state index contributed by atoms with van der Waals surface area (Å²) in [5.74, 6) is 0.803. The zero-order valence-corrected chi connectivity index (χ0v) is 17.9. The van der Waals surface area contributed by atoms with Crippen molar-refractivity contribution in [2.75, 3.05) is 14.1 Å². The van der Waals surface area contributed by atoms with Gasteiger partial charge in [-0.15, -0.1) is 0 Å². The maximum absolute atomic E-state index is 11.5. The van der Waals surface area contributed by atoms with Crippen molar-refractivity contribution in [3.63, 3.8) is 0 Å². The minimum atomic E-state index is -0.819. The van der Waals surface area contributed by atoms with Crippen molar-refractivity contribution in [1.29, 1.82) is 0 Å². The lowest BCUT2D eigenvalue weighted by Gasteiger charge is -2.48. The summed E-state index contributed by atoms with van der Waals surface area (Å²) in [4.78, 5) is 2.32. The van der Waals surface area contributed by atoms with Crippen LogP contribution in [0.3, 0.4) is 0 Å². The normalized spacial score (nSPS) is 24.0. The molecule has 1 aliphatic carbocycles. The first-order chi connectivity index (χ1) is 14.5. The van der Waals surface area contributed by atoms with Crippen LogP contribution < -0.4 is 4.74 Å². The fourth-order valence-electron chi connectivity index (χ4n) is 4.72.